The molecule has 0 unspecified atom stereocenters. The summed E-state index contributed by atoms with van der Waals surface area (Å²) in [7, 11) is 1.62. The molecule has 7 heteroatoms. The molecule has 2 aromatic rings. The Morgan fingerprint density at radius 3 is 2.44 bits per heavy atom. The van der Waals surface area contributed by atoms with Crippen LogP contribution in [0.5, 0.6) is 0 Å². The molecule has 2 aromatic heterocycles. The number of hydrogen-bond acceptors (Lipinski definition) is 5. The maximum absolute atomic E-state index is 12.5. The first-order valence-corrected chi connectivity index (χ1v) is 9.13. The van der Waals surface area contributed by atoms with Gasteiger partial charge in [0.25, 0.3) is 11.5 Å². The van der Waals surface area contributed by atoms with Crippen molar-refractivity contribution >= 4 is 17.2 Å². The lowest BCUT2D eigenvalue weighted by Crippen LogP contribution is -2.27. The van der Waals surface area contributed by atoms with Crippen LogP contribution in [-0.2, 0) is 7.05 Å². The number of rotatable bonds is 4. The summed E-state index contributed by atoms with van der Waals surface area (Å²) in [5, 5.41) is 7.71. The molecule has 0 aliphatic carbocycles. The highest BCUT2D eigenvalue weighted by molar-refractivity contribution is 7.17. The molecule has 0 bridgehead atoms. The van der Waals surface area contributed by atoms with E-state index in [9.17, 15) is 9.59 Å². The van der Waals surface area contributed by atoms with E-state index in [-0.39, 0.29) is 16.9 Å². The van der Waals surface area contributed by atoms with Crippen molar-refractivity contribution in [3.8, 4) is 10.6 Å². The summed E-state index contributed by atoms with van der Waals surface area (Å²) >= 11 is 1.26. The van der Waals surface area contributed by atoms with Crippen molar-refractivity contribution in [3.05, 3.63) is 32.2 Å². The zero-order chi connectivity index (χ0) is 18.9. The molecule has 0 saturated carbocycles. The van der Waals surface area contributed by atoms with Crippen molar-refractivity contribution in [2.75, 3.05) is 6.54 Å². The Balaban J connectivity index is 2.33. The minimum absolute atomic E-state index is 0.134. The van der Waals surface area contributed by atoms with Crippen molar-refractivity contribution in [1.82, 2.24) is 20.1 Å². The average molecular weight is 362 g/mol. The van der Waals surface area contributed by atoms with Gasteiger partial charge in [0.05, 0.1) is 17.0 Å². The van der Waals surface area contributed by atoms with Gasteiger partial charge in [-0.15, -0.1) is 11.3 Å². The van der Waals surface area contributed by atoms with Crippen LogP contribution in [0.4, 0.5) is 0 Å². The van der Waals surface area contributed by atoms with Crippen LogP contribution >= 0.6 is 11.3 Å². The van der Waals surface area contributed by atoms with Crippen molar-refractivity contribution in [2.24, 2.45) is 12.5 Å². The maximum atomic E-state index is 12.5. The van der Waals surface area contributed by atoms with E-state index in [1.54, 1.807) is 14.0 Å². The first-order chi connectivity index (χ1) is 11.5. The van der Waals surface area contributed by atoms with E-state index in [2.05, 4.69) is 36.2 Å². The van der Waals surface area contributed by atoms with E-state index >= 15 is 0 Å². The molecular weight excluding hydrogens is 336 g/mol. The fourth-order valence-corrected chi connectivity index (χ4v) is 3.52. The highest BCUT2D eigenvalue weighted by Crippen LogP contribution is 2.28. The van der Waals surface area contributed by atoms with E-state index in [1.165, 1.54) is 16.0 Å². The lowest BCUT2D eigenvalue weighted by Gasteiger charge is -2.17. The third kappa shape index (κ3) is 4.34. The minimum Gasteiger partial charge on any atom is -0.351 e. The van der Waals surface area contributed by atoms with Gasteiger partial charge in [-0.2, -0.15) is 5.10 Å². The topological polar surface area (TPSA) is 76.9 Å². The fourth-order valence-electron chi connectivity index (χ4n) is 2.45. The number of carbonyl (C=O) groups excluding carboxylic acids is 1. The van der Waals surface area contributed by atoms with Gasteiger partial charge in [-0.1, -0.05) is 20.8 Å². The number of amides is 1. The fraction of sp³-hybridized carbons (Fsp3) is 0.556. The Bertz CT molecular complexity index is 859. The van der Waals surface area contributed by atoms with Crippen molar-refractivity contribution in [3.63, 3.8) is 0 Å². The predicted molar refractivity (Wildman–Crippen MR) is 101 cm³/mol. The molecule has 1 amide bonds. The van der Waals surface area contributed by atoms with E-state index in [0.29, 0.717) is 27.7 Å². The zero-order valence-corrected chi connectivity index (χ0v) is 16.8. The second-order valence-electron chi connectivity index (χ2n) is 7.51. The van der Waals surface area contributed by atoms with Crippen LogP contribution in [-0.4, -0.2) is 27.2 Å². The molecule has 0 aliphatic rings. The minimum atomic E-state index is -0.198. The Hall–Kier alpha value is -2.02. The third-order valence-corrected chi connectivity index (χ3v) is 5.28. The molecule has 1 N–H and O–H groups in total. The Morgan fingerprint density at radius 1 is 1.20 bits per heavy atom. The second kappa shape index (κ2) is 7.07. The molecule has 0 radical (unpaired) electrons. The molecule has 0 spiro atoms. The first-order valence-electron chi connectivity index (χ1n) is 8.32. The van der Waals surface area contributed by atoms with E-state index < -0.39 is 0 Å². The summed E-state index contributed by atoms with van der Waals surface area (Å²) in [6, 6.07) is 0. The van der Waals surface area contributed by atoms with Crippen molar-refractivity contribution < 1.29 is 4.79 Å². The standard InChI is InChI=1S/C18H26N4O2S/c1-10-11(2)21-22(7)17(24)13(10)16-20-12(3)14(25-16)15(23)19-9-8-18(4,5)6/h8-9H2,1-7H3,(H,19,23). The maximum Gasteiger partial charge on any atom is 0.277 e. The smallest absolute Gasteiger partial charge is 0.277 e. The van der Waals surface area contributed by atoms with E-state index in [1.807, 2.05) is 13.8 Å². The number of hydrogen-bond donors (Lipinski definition) is 1. The number of carbonyl (C=O) groups is 1. The molecule has 0 saturated heterocycles. The summed E-state index contributed by atoms with van der Waals surface area (Å²) < 4.78 is 1.32. The van der Waals surface area contributed by atoms with E-state index in [4.69, 9.17) is 0 Å². The SMILES string of the molecule is Cc1nc(-c2c(C)c(C)nn(C)c2=O)sc1C(=O)NCCC(C)(C)C. The van der Waals surface area contributed by atoms with Gasteiger partial charge >= 0.3 is 0 Å². The zero-order valence-electron chi connectivity index (χ0n) is 16.0. The number of aromatic nitrogens is 3. The Labute approximate surface area is 152 Å². The number of aryl methyl sites for hydroxylation is 3. The second-order valence-corrected chi connectivity index (χ2v) is 8.51. The molecular formula is C18H26N4O2S. The quantitative estimate of drug-likeness (QED) is 0.907. The molecule has 136 valence electrons. The van der Waals surface area contributed by atoms with Gasteiger partial charge in [-0.05, 0) is 38.2 Å². The first kappa shape index (κ1) is 19.3. The van der Waals surface area contributed by atoms with Crippen molar-refractivity contribution in [2.45, 2.75) is 48.0 Å². The Morgan fingerprint density at radius 2 is 1.84 bits per heavy atom. The average Bonchev–Trinajstić information content (AvgIpc) is 2.86. The van der Waals surface area contributed by atoms with Crippen LogP contribution in [0.15, 0.2) is 4.79 Å². The summed E-state index contributed by atoms with van der Waals surface area (Å²) in [4.78, 5) is 30.0. The van der Waals surface area contributed by atoms with Crippen LogP contribution in [0, 0.1) is 26.2 Å². The van der Waals surface area contributed by atoms with Crippen LogP contribution in [0.2, 0.25) is 0 Å². The molecule has 2 heterocycles. The molecule has 25 heavy (non-hydrogen) atoms. The molecule has 0 fully saturated rings. The highest BCUT2D eigenvalue weighted by Gasteiger charge is 2.21. The van der Waals surface area contributed by atoms with Crippen LogP contribution in [0.25, 0.3) is 10.6 Å². The molecule has 0 aromatic carbocycles. The van der Waals surface area contributed by atoms with Crippen LogP contribution in [0.1, 0.15) is 53.8 Å². The molecule has 6 nitrogen and oxygen atoms in total. The highest BCUT2D eigenvalue weighted by atomic mass is 32.1. The van der Waals surface area contributed by atoms with Crippen LogP contribution < -0.4 is 10.9 Å². The summed E-state index contributed by atoms with van der Waals surface area (Å²) in [6.45, 7) is 12.5. The van der Waals surface area contributed by atoms with E-state index in [0.717, 1.165) is 17.7 Å². The van der Waals surface area contributed by atoms with Gasteiger partial charge in [0.15, 0.2) is 0 Å². The molecule has 0 aliphatic heterocycles. The van der Waals surface area contributed by atoms with Gasteiger partial charge in [0.1, 0.15) is 9.88 Å². The lowest BCUT2D eigenvalue weighted by atomic mass is 9.92. The normalized spacial score (nSPS) is 11.6. The van der Waals surface area contributed by atoms with Crippen molar-refractivity contribution in [1.29, 1.82) is 0 Å². The van der Waals surface area contributed by atoms with Gasteiger partial charge in [-0.25, -0.2) is 9.67 Å². The van der Waals surface area contributed by atoms with Gasteiger partial charge < -0.3 is 5.32 Å². The largest absolute Gasteiger partial charge is 0.351 e. The molecule has 2 rings (SSSR count). The predicted octanol–water partition coefficient (Wildman–Crippen LogP) is 3.00. The summed E-state index contributed by atoms with van der Waals surface area (Å²) in [6.07, 6.45) is 0.895. The number of thiazole rings is 1. The van der Waals surface area contributed by atoms with Gasteiger partial charge in [0.2, 0.25) is 0 Å². The number of nitrogens with zero attached hydrogens (tertiary/aromatic N) is 3. The molecule has 0 atom stereocenters. The monoisotopic (exact) mass is 362 g/mol. The van der Waals surface area contributed by atoms with Gasteiger partial charge in [-0.3, -0.25) is 9.59 Å². The Kier molecular flexibility index (Phi) is 5.46. The van der Waals surface area contributed by atoms with Crippen LogP contribution in [0.3, 0.4) is 0 Å². The summed E-state index contributed by atoms with van der Waals surface area (Å²) in [5.41, 5.74) is 2.72. The third-order valence-electron chi connectivity index (χ3n) is 4.10. The summed E-state index contributed by atoms with van der Waals surface area (Å²) in [5.74, 6) is -0.134. The van der Waals surface area contributed by atoms with Gasteiger partial charge in [0, 0.05) is 13.6 Å². The number of nitrogens with one attached hydrogen (secondary N) is 1. The lowest BCUT2D eigenvalue weighted by molar-refractivity contribution is 0.0953.